The van der Waals surface area contributed by atoms with Crippen LogP contribution in [-0.4, -0.2) is 16.6 Å². The van der Waals surface area contributed by atoms with Crippen molar-refractivity contribution < 1.29 is 13.6 Å². The Morgan fingerprint density at radius 1 is 1.27 bits per heavy atom. The molecule has 3 nitrogen and oxygen atoms in total. The number of hydrogen-bond donors (Lipinski definition) is 1. The highest BCUT2D eigenvalue weighted by Crippen LogP contribution is 2.31. The van der Waals surface area contributed by atoms with Crippen molar-refractivity contribution in [2.45, 2.75) is 18.7 Å². The smallest absolute Gasteiger partial charge is 0.230 e. The van der Waals surface area contributed by atoms with Crippen molar-refractivity contribution in [3.8, 4) is 0 Å². The largest absolute Gasteiger partial charge is 0.351 e. The zero-order valence-corrected chi connectivity index (χ0v) is 12.9. The van der Waals surface area contributed by atoms with E-state index in [1.807, 2.05) is 6.07 Å². The number of thioether (sulfide) groups is 1. The number of nitrogens with zero attached hydrogens (tertiary/aromatic N) is 1. The maximum atomic E-state index is 13.6. The lowest BCUT2D eigenvalue weighted by Gasteiger charge is -2.13. The number of pyridine rings is 1. The van der Waals surface area contributed by atoms with E-state index in [1.54, 1.807) is 25.4 Å². The lowest BCUT2D eigenvalue weighted by Crippen LogP contribution is -2.25. The highest BCUT2D eigenvalue weighted by atomic mass is 32.2. The van der Waals surface area contributed by atoms with Crippen molar-refractivity contribution in [2.24, 2.45) is 0 Å². The van der Waals surface area contributed by atoms with Gasteiger partial charge in [-0.2, -0.15) is 0 Å². The van der Waals surface area contributed by atoms with Gasteiger partial charge in [0, 0.05) is 29.8 Å². The minimum Gasteiger partial charge on any atom is -0.351 e. The zero-order chi connectivity index (χ0) is 15.9. The van der Waals surface area contributed by atoms with E-state index < -0.39 is 16.9 Å². The Labute approximate surface area is 132 Å². The molecule has 0 fully saturated rings. The fourth-order valence-electron chi connectivity index (χ4n) is 1.94. The summed E-state index contributed by atoms with van der Waals surface area (Å²) in [4.78, 5) is 15.7. The summed E-state index contributed by atoms with van der Waals surface area (Å²) in [7, 11) is 0. The molecule has 116 valence electrons. The van der Waals surface area contributed by atoms with E-state index in [-0.39, 0.29) is 17.2 Å². The quantitative estimate of drug-likeness (QED) is 0.885. The number of benzene rings is 1. The third-order valence-electron chi connectivity index (χ3n) is 3.08. The van der Waals surface area contributed by atoms with E-state index in [4.69, 9.17) is 0 Å². The Hall–Kier alpha value is -1.95. The van der Waals surface area contributed by atoms with Gasteiger partial charge in [0.25, 0.3) is 0 Å². The van der Waals surface area contributed by atoms with Gasteiger partial charge in [-0.1, -0.05) is 12.1 Å². The molecule has 1 amide bonds. The first-order valence-corrected chi connectivity index (χ1v) is 7.84. The number of halogens is 2. The molecule has 2 aromatic rings. The highest BCUT2D eigenvalue weighted by Gasteiger charge is 2.17. The Kier molecular flexibility index (Phi) is 5.89. The van der Waals surface area contributed by atoms with Gasteiger partial charge in [-0.05, 0) is 30.7 Å². The summed E-state index contributed by atoms with van der Waals surface area (Å²) in [6.07, 6.45) is 3.33. The van der Waals surface area contributed by atoms with Gasteiger partial charge in [0.15, 0.2) is 0 Å². The van der Waals surface area contributed by atoms with Crippen molar-refractivity contribution >= 4 is 17.7 Å². The molecule has 0 saturated carbocycles. The standard InChI is InChI=1S/C16H16F2N2OS/c1-11(16-13(17)5-2-6-14(16)18)22-10-15(21)20-9-12-4-3-7-19-8-12/h2-8,11H,9-10H2,1H3,(H,20,21). The first-order valence-electron chi connectivity index (χ1n) is 6.79. The maximum Gasteiger partial charge on any atom is 0.230 e. The summed E-state index contributed by atoms with van der Waals surface area (Å²) in [6.45, 7) is 2.07. The summed E-state index contributed by atoms with van der Waals surface area (Å²) in [5.41, 5.74) is 0.904. The Morgan fingerprint density at radius 2 is 2.00 bits per heavy atom. The van der Waals surface area contributed by atoms with Crippen LogP contribution in [0, 0.1) is 11.6 Å². The predicted octanol–water partition coefficient (Wildman–Crippen LogP) is 3.47. The summed E-state index contributed by atoms with van der Waals surface area (Å²) in [5, 5.41) is 2.31. The predicted molar refractivity (Wildman–Crippen MR) is 83.3 cm³/mol. The van der Waals surface area contributed by atoms with Crippen LogP contribution in [0.5, 0.6) is 0 Å². The lowest BCUT2D eigenvalue weighted by atomic mass is 10.1. The molecular weight excluding hydrogens is 306 g/mol. The molecule has 2 rings (SSSR count). The number of rotatable bonds is 6. The van der Waals surface area contributed by atoms with Crippen LogP contribution in [0.4, 0.5) is 8.78 Å². The molecular formula is C16H16F2N2OS. The fourth-order valence-corrected chi connectivity index (χ4v) is 2.83. The second kappa shape index (κ2) is 7.89. The van der Waals surface area contributed by atoms with E-state index in [0.717, 1.165) is 5.56 Å². The molecule has 0 spiro atoms. The molecule has 1 aromatic heterocycles. The number of amides is 1. The number of nitrogens with one attached hydrogen (secondary N) is 1. The zero-order valence-electron chi connectivity index (χ0n) is 12.1. The van der Waals surface area contributed by atoms with Crippen LogP contribution in [0.25, 0.3) is 0 Å². The van der Waals surface area contributed by atoms with Gasteiger partial charge in [-0.15, -0.1) is 11.8 Å². The lowest BCUT2D eigenvalue weighted by molar-refractivity contribution is -0.118. The number of aromatic nitrogens is 1. The third kappa shape index (κ3) is 4.53. The SMILES string of the molecule is CC(SCC(=O)NCc1cccnc1)c1c(F)cccc1F. The molecule has 1 unspecified atom stereocenters. The van der Waals surface area contributed by atoms with E-state index in [1.165, 1.54) is 30.0 Å². The van der Waals surface area contributed by atoms with Gasteiger partial charge >= 0.3 is 0 Å². The van der Waals surface area contributed by atoms with Gasteiger partial charge in [0.1, 0.15) is 11.6 Å². The maximum absolute atomic E-state index is 13.6. The average molecular weight is 322 g/mol. The van der Waals surface area contributed by atoms with Crippen LogP contribution >= 0.6 is 11.8 Å². The molecule has 0 aliphatic heterocycles. The Bertz CT molecular complexity index is 617. The van der Waals surface area contributed by atoms with Gasteiger partial charge in [-0.3, -0.25) is 9.78 Å². The van der Waals surface area contributed by atoms with Crippen LogP contribution in [0.2, 0.25) is 0 Å². The summed E-state index contributed by atoms with van der Waals surface area (Å²) in [6, 6.07) is 7.42. The van der Waals surface area contributed by atoms with Crippen molar-refractivity contribution in [1.29, 1.82) is 0 Å². The van der Waals surface area contributed by atoms with Crippen molar-refractivity contribution in [2.75, 3.05) is 5.75 Å². The summed E-state index contributed by atoms with van der Waals surface area (Å²) >= 11 is 1.19. The molecule has 1 heterocycles. The molecule has 0 aliphatic carbocycles. The third-order valence-corrected chi connectivity index (χ3v) is 4.25. The Balaban J connectivity index is 1.83. The molecule has 22 heavy (non-hydrogen) atoms. The molecule has 0 aliphatic rings. The molecule has 0 radical (unpaired) electrons. The summed E-state index contributed by atoms with van der Waals surface area (Å²) < 4.78 is 27.3. The molecule has 6 heteroatoms. The van der Waals surface area contributed by atoms with E-state index in [2.05, 4.69) is 10.3 Å². The average Bonchev–Trinajstić information content (AvgIpc) is 2.52. The Morgan fingerprint density at radius 3 is 2.64 bits per heavy atom. The molecule has 0 bridgehead atoms. The molecule has 0 saturated heterocycles. The van der Waals surface area contributed by atoms with Crippen LogP contribution in [0.1, 0.15) is 23.3 Å². The number of carbonyl (C=O) groups excluding carboxylic acids is 1. The van der Waals surface area contributed by atoms with E-state index in [0.29, 0.717) is 6.54 Å². The van der Waals surface area contributed by atoms with Gasteiger partial charge in [-0.25, -0.2) is 8.78 Å². The van der Waals surface area contributed by atoms with Crippen LogP contribution < -0.4 is 5.32 Å². The van der Waals surface area contributed by atoms with Crippen molar-refractivity contribution in [1.82, 2.24) is 10.3 Å². The minimum atomic E-state index is -0.587. The minimum absolute atomic E-state index is 0.00700. The van der Waals surface area contributed by atoms with Crippen molar-refractivity contribution in [3.05, 3.63) is 65.5 Å². The normalized spacial score (nSPS) is 12.0. The van der Waals surface area contributed by atoms with E-state index >= 15 is 0 Å². The molecule has 1 aromatic carbocycles. The van der Waals surface area contributed by atoms with E-state index in [9.17, 15) is 13.6 Å². The monoisotopic (exact) mass is 322 g/mol. The second-order valence-electron chi connectivity index (χ2n) is 4.73. The first kappa shape index (κ1) is 16.4. The molecule has 1 N–H and O–H groups in total. The topological polar surface area (TPSA) is 42.0 Å². The van der Waals surface area contributed by atoms with Crippen molar-refractivity contribution in [3.63, 3.8) is 0 Å². The number of carbonyl (C=O) groups is 1. The fraction of sp³-hybridized carbons (Fsp3) is 0.250. The number of hydrogen-bond acceptors (Lipinski definition) is 3. The van der Waals surface area contributed by atoms with Gasteiger partial charge in [0.2, 0.25) is 5.91 Å². The van der Waals surface area contributed by atoms with Gasteiger partial charge < -0.3 is 5.32 Å². The second-order valence-corrected chi connectivity index (χ2v) is 6.06. The van der Waals surface area contributed by atoms with Crippen LogP contribution in [0.3, 0.4) is 0 Å². The molecule has 1 atom stereocenters. The van der Waals surface area contributed by atoms with Crippen LogP contribution in [0.15, 0.2) is 42.7 Å². The first-order chi connectivity index (χ1) is 10.6. The summed E-state index contributed by atoms with van der Waals surface area (Å²) in [5.74, 6) is -1.22. The van der Waals surface area contributed by atoms with Gasteiger partial charge in [0.05, 0.1) is 5.75 Å². The highest BCUT2D eigenvalue weighted by molar-refractivity contribution is 8.00. The van der Waals surface area contributed by atoms with Crippen LogP contribution in [-0.2, 0) is 11.3 Å².